The molecule has 1 aliphatic rings. The number of benzene rings is 1. The monoisotopic (exact) mass is 361 g/mol. The summed E-state index contributed by atoms with van der Waals surface area (Å²) in [5, 5.41) is 9.07. The van der Waals surface area contributed by atoms with E-state index in [1.54, 1.807) is 7.05 Å². The Morgan fingerprint density at radius 2 is 1.95 bits per heavy atom. The van der Waals surface area contributed by atoms with Crippen LogP contribution in [0.25, 0.3) is 0 Å². The van der Waals surface area contributed by atoms with Gasteiger partial charge in [0.15, 0.2) is 0 Å². The van der Waals surface area contributed by atoms with Crippen LogP contribution in [0.5, 0.6) is 0 Å². The number of carboxylic acids is 1. The second-order valence-electron chi connectivity index (χ2n) is 4.91. The zero-order valence-corrected chi connectivity index (χ0v) is 13.4. The average molecular weight is 362 g/mol. The number of carbonyl (C=O) groups is 1. The van der Waals surface area contributed by atoms with E-state index in [-0.39, 0.29) is 16.5 Å². The van der Waals surface area contributed by atoms with Gasteiger partial charge in [-0.1, -0.05) is 12.8 Å². The van der Waals surface area contributed by atoms with Crippen molar-refractivity contribution in [3.05, 3.63) is 28.2 Å². The maximum atomic E-state index is 12.5. The molecule has 0 amide bonds. The highest BCUT2D eigenvalue weighted by Gasteiger charge is 2.30. The predicted octanol–water partition coefficient (Wildman–Crippen LogP) is 2.71. The zero-order valence-electron chi connectivity index (χ0n) is 11.0. The van der Waals surface area contributed by atoms with Gasteiger partial charge in [0.2, 0.25) is 10.0 Å². The van der Waals surface area contributed by atoms with Gasteiger partial charge in [0, 0.05) is 17.6 Å². The van der Waals surface area contributed by atoms with Crippen LogP contribution in [0.4, 0.5) is 0 Å². The lowest BCUT2D eigenvalue weighted by atomic mass is 10.2. The molecule has 0 unspecified atom stereocenters. The van der Waals surface area contributed by atoms with Crippen LogP contribution in [0.2, 0.25) is 0 Å². The fourth-order valence-electron chi connectivity index (χ4n) is 2.46. The van der Waals surface area contributed by atoms with Crippen molar-refractivity contribution < 1.29 is 18.3 Å². The molecule has 0 bridgehead atoms. The van der Waals surface area contributed by atoms with Crippen molar-refractivity contribution in [3.8, 4) is 0 Å². The van der Waals surface area contributed by atoms with Gasteiger partial charge in [-0.3, -0.25) is 0 Å². The topological polar surface area (TPSA) is 74.7 Å². The molecule has 1 aromatic rings. The van der Waals surface area contributed by atoms with E-state index in [4.69, 9.17) is 5.11 Å². The smallest absolute Gasteiger partial charge is 0.336 e. The zero-order chi connectivity index (χ0) is 14.9. The Bertz CT molecular complexity index is 623. The molecule has 20 heavy (non-hydrogen) atoms. The molecule has 0 aliphatic heterocycles. The van der Waals surface area contributed by atoms with E-state index in [0.717, 1.165) is 25.7 Å². The highest BCUT2D eigenvalue weighted by molar-refractivity contribution is 9.10. The van der Waals surface area contributed by atoms with E-state index in [2.05, 4.69) is 15.9 Å². The first-order chi connectivity index (χ1) is 9.34. The molecule has 0 saturated heterocycles. The van der Waals surface area contributed by atoms with Crippen molar-refractivity contribution in [2.75, 3.05) is 7.05 Å². The van der Waals surface area contributed by atoms with E-state index < -0.39 is 16.0 Å². The molecule has 0 atom stereocenters. The Morgan fingerprint density at radius 3 is 2.50 bits per heavy atom. The van der Waals surface area contributed by atoms with Crippen molar-refractivity contribution in [3.63, 3.8) is 0 Å². The van der Waals surface area contributed by atoms with Crippen molar-refractivity contribution in [1.29, 1.82) is 0 Å². The first-order valence-corrected chi connectivity index (χ1v) is 8.58. The number of hydrogen-bond acceptors (Lipinski definition) is 3. The summed E-state index contributed by atoms with van der Waals surface area (Å²) in [6, 6.07) is 4.10. The Morgan fingerprint density at radius 1 is 1.35 bits per heavy atom. The number of rotatable bonds is 4. The SMILES string of the molecule is CN(C1CCCC1)S(=O)(=O)c1ccc(Br)c(C(=O)O)c1. The van der Waals surface area contributed by atoms with Gasteiger partial charge in [0.05, 0.1) is 10.5 Å². The number of hydrogen-bond donors (Lipinski definition) is 1. The van der Waals surface area contributed by atoms with Crippen molar-refractivity contribution in [2.45, 2.75) is 36.6 Å². The van der Waals surface area contributed by atoms with Gasteiger partial charge in [-0.15, -0.1) is 0 Å². The van der Waals surface area contributed by atoms with Crippen LogP contribution >= 0.6 is 15.9 Å². The standard InChI is InChI=1S/C13H16BrNO4S/c1-15(9-4-2-3-5-9)20(18,19)10-6-7-12(14)11(8-10)13(16)17/h6-9H,2-5H2,1H3,(H,16,17). The molecule has 0 spiro atoms. The molecule has 1 saturated carbocycles. The summed E-state index contributed by atoms with van der Waals surface area (Å²) in [6.45, 7) is 0. The van der Waals surface area contributed by atoms with E-state index in [9.17, 15) is 13.2 Å². The average Bonchev–Trinajstić information content (AvgIpc) is 2.91. The van der Waals surface area contributed by atoms with E-state index in [1.165, 1.54) is 22.5 Å². The molecule has 0 aromatic heterocycles. The van der Waals surface area contributed by atoms with Gasteiger partial charge < -0.3 is 5.11 Å². The van der Waals surface area contributed by atoms with E-state index in [0.29, 0.717) is 4.47 Å². The van der Waals surface area contributed by atoms with Crippen molar-refractivity contribution in [1.82, 2.24) is 4.31 Å². The number of aromatic carboxylic acids is 1. The Kier molecular flexibility index (Phi) is 4.51. The van der Waals surface area contributed by atoms with Crippen molar-refractivity contribution >= 4 is 31.9 Å². The molecule has 1 N–H and O–H groups in total. The number of nitrogens with zero attached hydrogens (tertiary/aromatic N) is 1. The molecule has 1 fully saturated rings. The first kappa shape index (κ1) is 15.5. The third kappa shape index (κ3) is 2.89. The third-order valence-electron chi connectivity index (χ3n) is 3.68. The molecular weight excluding hydrogens is 346 g/mol. The van der Waals surface area contributed by atoms with Crippen LogP contribution in [0.1, 0.15) is 36.0 Å². The fourth-order valence-corrected chi connectivity index (χ4v) is 4.32. The summed E-state index contributed by atoms with van der Waals surface area (Å²) in [7, 11) is -2.08. The van der Waals surface area contributed by atoms with Gasteiger partial charge in [-0.2, -0.15) is 4.31 Å². The predicted molar refractivity (Wildman–Crippen MR) is 78.3 cm³/mol. The van der Waals surface area contributed by atoms with Crippen LogP contribution in [0.15, 0.2) is 27.6 Å². The summed E-state index contributed by atoms with van der Waals surface area (Å²) in [6.07, 6.45) is 3.78. The first-order valence-electron chi connectivity index (χ1n) is 6.35. The Labute approximate surface area is 126 Å². The molecule has 5 nitrogen and oxygen atoms in total. The lowest BCUT2D eigenvalue weighted by Crippen LogP contribution is -2.35. The summed E-state index contributed by atoms with van der Waals surface area (Å²) < 4.78 is 26.8. The summed E-state index contributed by atoms with van der Waals surface area (Å²) in [5.74, 6) is -1.16. The lowest BCUT2D eigenvalue weighted by Gasteiger charge is -2.23. The summed E-state index contributed by atoms with van der Waals surface area (Å²) in [4.78, 5) is 11.1. The quantitative estimate of drug-likeness (QED) is 0.894. The van der Waals surface area contributed by atoms with Gasteiger partial charge in [-0.25, -0.2) is 13.2 Å². The minimum atomic E-state index is -3.65. The van der Waals surface area contributed by atoms with Gasteiger partial charge >= 0.3 is 5.97 Å². The molecule has 0 radical (unpaired) electrons. The second kappa shape index (κ2) is 5.83. The Hall–Kier alpha value is -0.920. The van der Waals surface area contributed by atoms with Gasteiger partial charge in [0.1, 0.15) is 0 Å². The largest absolute Gasteiger partial charge is 0.478 e. The maximum Gasteiger partial charge on any atom is 0.336 e. The molecule has 1 aromatic carbocycles. The number of halogens is 1. The van der Waals surface area contributed by atoms with Crippen LogP contribution in [-0.2, 0) is 10.0 Å². The van der Waals surface area contributed by atoms with Gasteiger partial charge in [-0.05, 0) is 47.0 Å². The highest BCUT2D eigenvalue weighted by atomic mass is 79.9. The van der Waals surface area contributed by atoms with Crippen LogP contribution < -0.4 is 0 Å². The molecule has 0 heterocycles. The van der Waals surface area contributed by atoms with Gasteiger partial charge in [0.25, 0.3) is 0 Å². The molecule has 110 valence electrons. The van der Waals surface area contributed by atoms with E-state index in [1.807, 2.05) is 0 Å². The normalized spacial score (nSPS) is 16.8. The number of carboxylic acid groups (broad SMARTS) is 1. The Balaban J connectivity index is 2.38. The molecule has 7 heteroatoms. The van der Waals surface area contributed by atoms with Crippen LogP contribution in [0, 0.1) is 0 Å². The summed E-state index contributed by atoms with van der Waals surface area (Å²) >= 11 is 3.11. The van der Waals surface area contributed by atoms with E-state index >= 15 is 0 Å². The maximum absolute atomic E-state index is 12.5. The molecule has 2 rings (SSSR count). The third-order valence-corrected chi connectivity index (χ3v) is 6.28. The van der Waals surface area contributed by atoms with Crippen LogP contribution in [0.3, 0.4) is 0 Å². The minimum absolute atomic E-state index is 0.0110. The minimum Gasteiger partial charge on any atom is -0.478 e. The summed E-state index contributed by atoms with van der Waals surface area (Å²) in [5.41, 5.74) is -0.0501. The highest BCUT2D eigenvalue weighted by Crippen LogP contribution is 2.29. The molecular formula is C13H16BrNO4S. The fraction of sp³-hybridized carbons (Fsp3) is 0.462. The number of sulfonamides is 1. The second-order valence-corrected chi connectivity index (χ2v) is 7.76. The lowest BCUT2D eigenvalue weighted by molar-refractivity contribution is 0.0695. The molecule has 1 aliphatic carbocycles. The van der Waals surface area contributed by atoms with Crippen LogP contribution in [-0.4, -0.2) is 36.9 Å². The van der Waals surface area contributed by atoms with Crippen molar-refractivity contribution in [2.24, 2.45) is 0 Å².